The normalized spacial score (nSPS) is 11.1. The molecule has 0 unspecified atom stereocenters. The zero-order chi connectivity index (χ0) is 16.9. The van der Waals surface area contributed by atoms with Gasteiger partial charge in [-0.15, -0.1) is 11.3 Å². The summed E-state index contributed by atoms with van der Waals surface area (Å²) in [4.78, 5) is 15.6. The van der Waals surface area contributed by atoms with Crippen molar-refractivity contribution < 1.29 is 4.79 Å². The molecule has 2 heterocycles. The predicted octanol–water partition coefficient (Wildman–Crippen LogP) is 4.33. The lowest BCUT2D eigenvalue weighted by molar-refractivity contribution is -0.114. The van der Waals surface area contributed by atoms with Crippen LogP contribution >= 0.6 is 11.3 Å². The van der Waals surface area contributed by atoms with Gasteiger partial charge in [0.2, 0.25) is 0 Å². The Bertz CT molecular complexity index is 832. The summed E-state index contributed by atoms with van der Waals surface area (Å²) < 4.78 is 0. The minimum Gasteiger partial charge on any atom is -0.300 e. The van der Waals surface area contributed by atoms with E-state index in [1.165, 1.54) is 5.56 Å². The van der Waals surface area contributed by atoms with Crippen molar-refractivity contribution in [3.63, 3.8) is 0 Å². The van der Waals surface area contributed by atoms with E-state index >= 15 is 0 Å². The molecule has 0 saturated carbocycles. The van der Waals surface area contributed by atoms with Crippen LogP contribution in [0.1, 0.15) is 21.7 Å². The van der Waals surface area contributed by atoms with E-state index in [2.05, 4.69) is 10.2 Å². The molecular weight excluding hydrogens is 318 g/mol. The Kier molecular flexibility index (Phi) is 4.91. The quantitative estimate of drug-likeness (QED) is 0.704. The van der Waals surface area contributed by atoms with Gasteiger partial charge in [0.1, 0.15) is 0 Å². The molecule has 0 aliphatic rings. The molecule has 24 heavy (non-hydrogen) atoms. The number of carbonyl (C=O) groups is 1. The molecule has 0 atom stereocenters. The minimum absolute atomic E-state index is 0.0616. The van der Waals surface area contributed by atoms with Gasteiger partial charge in [0.05, 0.1) is 24.1 Å². The van der Waals surface area contributed by atoms with Gasteiger partial charge in [-0.25, -0.2) is 0 Å². The number of rotatable bonds is 5. The number of hydrogen-bond donors (Lipinski definition) is 1. The monoisotopic (exact) mass is 337 g/mol. The highest BCUT2D eigenvalue weighted by Crippen LogP contribution is 2.22. The van der Waals surface area contributed by atoms with Crippen molar-refractivity contribution in [2.75, 3.05) is 4.90 Å². The van der Waals surface area contributed by atoms with Crippen LogP contribution in [0.2, 0.25) is 0 Å². The van der Waals surface area contributed by atoms with Crippen molar-refractivity contribution in [3.8, 4) is 0 Å². The fourth-order valence-electron chi connectivity index (χ4n) is 2.39. The van der Waals surface area contributed by atoms with Gasteiger partial charge in [0.15, 0.2) is 0 Å². The smallest absolute Gasteiger partial charge is 0.251 e. The Morgan fingerprint density at radius 3 is 2.67 bits per heavy atom. The highest BCUT2D eigenvalue weighted by Gasteiger charge is 2.17. The number of aromatic amines is 1. The number of nitrogens with one attached hydrogen (secondary N) is 1. The number of nitrogens with zero attached hydrogens (tertiary/aromatic N) is 2. The molecule has 1 N–H and O–H groups in total. The third-order valence-electron chi connectivity index (χ3n) is 3.75. The molecule has 4 nitrogen and oxygen atoms in total. The number of H-pyrrole nitrogens is 1. The van der Waals surface area contributed by atoms with E-state index in [0.29, 0.717) is 6.54 Å². The minimum atomic E-state index is -0.0616. The SMILES string of the molecule is Cc1ccc(C=CC(=O)N(Cc2cccs2)c2cn[nH]c2C)cc1. The van der Waals surface area contributed by atoms with Crippen LogP contribution in [0.25, 0.3) is 6.08 Å². The molecule has 0 aliphatic heterocycles. The number of carbonyl (C=O) groups excluding carboxylic acids is 1. The van der Waals surface area contributed by atoms with Gasteiger partial charge in [-0.3, -0.25) is 9.89 Å². The number of aryl methyl sites for hydroxylation is 2. The summed E-state index contributed by atoms with van der Waals surface area (Å²) in [6, 6.07) is 12.1. The highest BCUT2D eigenvalue weighted by molar-refractivity contribution is 7.09. The van der Waals surface area contributed by atoms with E-state index in [1.807, 2.05) is 61.7 Å². The Morgan fingerprint density at radius 1 is 1.25 bits per heavy atom. The predicted molar refractivity (Wildman–Crippen MR) is 99.0 cm³/mol. The number of thiophene rings is 1. The number of aromatic nitrogens is 2. The number of amides is 1. The van der Waals surface area contributed by atoms with Crippen molar-refractivity contribution in [1.29, 1.82) is 0 Å². The van der Waals surface area contributed by atoms with Gasteiger partial charge in [-0.2, -0.15) is 5.10 Å². The summed E-state index contributed by atoms with van der Waals surface area (Å²) in [6.45, 7) is 4.50. The van der Waals surface area contributed by atoms with Crippen LogP contribution in [0.3, 0.4) is 0 Å². The third kappa shape index (κ3) is 3.81. The molecule has 3 rings (SSSR count). The summed E-state index contributed by atoms with van der Waals surface area (Å²) >= 11 is 1.64. The van der Waals surface area contributed by atoms with Gasteiger partial charge in [0.25, 0.3) is 5.91 Å². The van der Waals surface area contributed by atoms with Crippen LogP contribution in [0.5, 0.6) is 0 Å². The fraction of sp³-hybridized carbons (Fsp3) is 0.158. The van der Waals surface area contributed by atoms with Crippen LogP contribution < -0.4 is 4.90 Å². The summed E-state index contributed by atoms with van der Waals surface area (Å²) in [6.07, 6.45) is 5.16. The van der Waals surface area contributed by atoms with Crippen LogP contribution in [0, 0.1) is 13.8 Å². The van der Waals surface area contributed by atoms with Crippen molar-refractivity contribution in [1.82, 2.24) is 10.2 Å². The fourth-order valence-corrected chi connectivity index (χ4v) is 3.08. The van der Waals surface area contributed by atoms with Crippen LogP contribution in [-0.2, 0) is 11.3 Å². The summed E-state index contributed by atoms with van der Waals surface area (Å²) in [5, 5.41) is 8.96. The van der Waals surface area contributed by atoms with E-state index in [0.717, 1.165) is 21.8 Å². The first-order chi connectivity index (χ1) is 11.6. The first kappa shape index (κ1) is 16.2. The second kappa shape index (κ2) is 7.27. The Balaban J connectivity index is 1.83. The van der Waals surface area contributed by atoms with Crippen LogP contribution in [-0.4, -0.2) is 16.1 Å². The average Bonchev–Trinajstić information content (AvgIpc) is 3.23. The van der Waals surface area contributed by atoms with E-state index in [-0.39, 0.29) is 5.91 Å². The van der Waals surface area contributed by atoms with E-state index in [4.69, 9.17) is 0 Å². The average molecular weight is 337 g/mol. The van der Waals surface area contributed by atoms with Gasteiger partial charge < -0.3 is 4.90 Å². The molecule has 0 aliphatic carbocycles. The molecule has 5 heteroatoms. The molecule has 3 aromatic rings. The second-order valence-corrected chi connectivity index (χ2v) is 6.66. The Labute approximate surface area is 145 Å². The molecule has 0 fully saturated rings. The van der Waals surface area contributed by atoms with Gasteiger partial charge in [-0.1, -0.05) is 35.9 Å². The van der Waals surface area contributed by atoms with E-state index in [9.17, 15) is 4.79 Å². The van der Waals surface area contributed by atoms with Crippen LogP contribution in [0.4, 0.5) is 5.69 Å². The maximum Gasteiger partial charge on any atom is 0.251 e. The summed E-state index contributed by atoms with van der Waals surface area (Å²) in [5.41, 5.74) is 3.89. The van der Waals surface area contributed by atoms with Gasteiger partial charge >= 0.3 is 0 Å². The van der Waals surface area contributed by atoms with Gasteiger partial charge in [-0.05, 0) is 36.9 Å². The highest BCUT2D eigenvalue weighted by atomic mass is 32.1. The Hall–Kier alpha value is -2.66. The molecule has 1 aromatic carbocycles. The Morgan fingerprint density at radius 2 is 2.04 bits per heavy atom. The molecule has 2 aromatic heterocycles. The lowest BCUT2D eigenvalue weighted by atomic mass is 10.1. The lowest BCUT2D eigenvalue weighted by Gasteiger charge is -2.19. The standard InChI is InChI=1S/C19H19N3OS/c1-14-5-7-16(8-6-14)9-10-19(23)22(13-17-4-3-11-24-17)18-12-20-21-15(18)2/h3-12H,13H2,1-2H3,(H,20,21). The molecule has 0 saturated heterocycles. The summed E-state index contributed by atoms with van der Waals surface area (Å²) in [7, 11) is 0. The van der Waals surface area contributed by atoms with Crippen molar-refractivity contribution >= 4 is 29.0 Å². The van der Waals surface area contributed by atoms with E-state index < -0.39 is 0 Å². The molecule has 122 valence electrons. The maximum absolute atomic E-state index is 12.8. The molecule has 0 bridgehead atoms. The number of anilines is 1. The zero-order valence-electron chi connectivity index (χ0n) is 13.7. The molecular formula is C19H19N3OS. The molecule has 0 spiro atoms. The van der Waals surface area contributed by atoms with Crippen LogP contribution in [0.15, 0.2) is 54.1 Å². The molecule has 1 amide bonds. The zero-order valence-corrected chi connectivity index (χ0v) is 14.5. The lowest BCUT2D eigenvalue weighted by Crippen LogP contribution is -2.28. The van der Waals surface area contributed by atoms with Crippen molar-refractivity contribution in [2.24, 2.45) is 0 Å². The van der Waals surface area contributed by atoms with E-state index in [1.54, 1.807) is 28.5 Å². The maximum atomic E-state index is 12.8. The number of hydrogen-bond acceptors (Lipinski definition) is 3. The largest absolute Gasteiger partial charge is 0.300 e. The summed E-state index contributed by atoms with van der Waals surface area (Å²) in [5.74, 6) is -0.0616. The first-order valence-electron chi connectivity index (χ1n) is 7.72. The third-order valence-corrected chi connectivity index (χ3v) is 4.61. The second-order valence-electron chi connectivity index (χ2n) is 5.63. The number of benzene rings is 1. The molecule has 0 radical (unpaired) electrons. The van der Waals surface area contributed by atoms with Gasteiger partial charge in [0, 0.05) is 11.0 Å². The van der Waals surface area contributed by atoms with Crippen molar-refractivity contribution in [2.45, 2.75) is 20.4 Å². The topological polar surface area (TPSA) is 49.0 Å². The van der Waals surface area contributed by atoms with Crippen molar-refractivity contribution in [3.05, 3.63) is 75.7 Å². The first-order valence-corrected chi connectivity index (χ1v) is 8.60.